The number of ether oxygens (including phenoxy) is 2. The van der Waals surface area contributed by atoms with Gasteiger partial charge in [-0.1, -0.05) is 12.1 Å². The number of fused-ring (bicyclic) bond motifs is 4. The van der Waals surface area contributed by atoms with Crippen molar-refractivity contribution in [2.45, 2.75) is 19.1 Å². The van der Waals surface area contributed by atoms with Crippen molar-refractivity contribution in [3.63, 3.8) is 0 Å². The van der Waals surface area contributed by atoms with Gasteiger partial charge >= 0.3 is 6.03 Å². The Balaban J connectivity index is 1.40. The van der Waals surface area contributed by atoms with Crippen LogP contribution in [0.4, 0.5) is 19.3 Å². The number of carbonyl (C=O) groups excluding carboxylic acids is 2. The molecule has 3 aliphatic heterocycles. The third-order valence-electron chi connectivity index (χ3n) is 5.74. The van der Waals surface area contributed by atoms with Gasteiger partial charge in [-0.15, -0.1) is 0 Å². The van der Waals surface area contributed by atoms with Gasteiger partial charge in [0, 0.05) is 24.7 Å². The fourth-order valence-corrected chi connectivity index (χ4v) is 4.35. The minimum Gasteiger partial charge on any atom is -0.465 e. The molecule has 0 radical (unpaired) electrons. The topological polar surface area (TPSA) is 71.1 Å². The van der Waals surface area contributed by atoms with E-state index >= 15 is 0 Å². The molecule has 0 spiro atoms. The monoisotopic (exact) mass is 415 g/mol. The molecule has 0 aliphatic carbocycles. The van der Waals surface area contributed by atoms with Gasteiger partial charge in [0.15, 0.2) is 12.5 Å². The lowest BCUT2D eigenvalue weighted by Crippen LogP contribution is -2.56. The first-order valence-electron chi connectivity index (χ1n) is 9.67. The van der Waals surface area contributed by atoms with E-state index in [-0.39, 0.29) is 43.9 Å². The number of amides is 3. The Bertz CT molecular complexity index is 1050. The maximum absolute atomic E-state index is 14.2. The third-order valence-corrected chi connectivity index (χ3v) is 5.74. The van der Waals surface area contributed by atoms with Gasteiger partial charge in [-0.25, -0.2) is 13.6 Å². The summed E-state index contributed by atoms with van der Waals surface area (Å²) in [6.07, 6.45) is 0.450. The Morgan fingerprint density at radius 3 is 2.97 bits per heavy atom. The number of halogens is 2. The van der Waals surface area contributed by atoms with E-state index in [0.717, 1.165) is 5.56 Å². The quantitative estimate of drug-likeness (QED) is 0.778. The molecule has 0 unspecified atom stereocenters. The number of carbonyl (C=O) groups is 2. The average molecular weight is 415 g/mol. The van der Waals surface area contributed by atoms with E-state index in [1.807, 2.05) is 0 Å². The Hall–Kier alpha value is -3.20. The molecule has 1 atom stereocenters. The van der Waals surface area contributed by atoms with E-state index in [2.05, 4.69) is 5.32 Å². The molecule has 3 aliphatic rings. The van der Waals surface area contributed by atoms with Crippen LogP contribution in [-0.2, 0) is 22.6 Å². The zero-order chi connectivity index (χ0) is 20.8. The summed E-state index contributed by atoms with van der Waals surface area (Å²) >= 11 is 0. The Labute approximate surface area is 171 Å². The smallest absolute Gasteiger partial charge is 0.322 e. The van der Waals surface area contributed by atoms with Crippen LogP contribution >= 0.6 is 0 Å². The molecule has 2 aromatic rings. The van der Waals surface area contributed by atoms with Gasteiger partial charge in [0.05, 0.1) is 18.3 Å². The van der Waals surface area contributed by atoms with E-state index in [1.54, 1.807) is 17.0 Å². The summed E-state index contributed by atoms with van der Waals surface area (Å²) in [6, 6.07) is 6.31. The first-order valence-corrected chi connectivity index (χ1v) is 9.67. The Kier molecular flexibility index (Phi) is 4.54. The second kappa shape index (κ2) is 7.24. The van der Waals surface area contributed by atoms with Gasteiger partial charge in [-0.2, -0.15) is 0 Å². The predicted molar refractivity (Wildman–Crippen MR) is 102 cm³/mol. The summed E-state index contributed by atoms with van der Waals surface area (Å²) in [5.41, 5.74) is 1.98. The largest absolute Gasteiger partial charge is 0.465 e. The molecule has 9 heteroatoms. The van der Waals surface area contributed by atoms with Gasteiger partial charge in [0.2, 0.25) is 5.91 Å². The highest BCUT2D eigenvalue weighted by atomic mass is 19.1. The van der Waals surface area contributed by atoms with Gasteiger partial charge in [-0.05, 0) is 29.7 Å². The number of rotatable bonds is 1. The van der Waals surface area contributed by atoms with Gasteiger partial charge in [0.25, 0.3) is 0 Å². The van der Waals surface area contributed by atoms with Gasteiger partial charge < -0.3 is 24.6 Å². The second-order valence-electron chi connectivity index (χ2n) is 7.52. The fraction of sp³-hybridized carbons (Fsp3) is 0.333. The minimum atomic E-state index is -0.547. The number of nitrogens with one attached hydrogen (secondary N) is 1. The van der Waals surface area contributed by atoms with Crippen molar-refractivity contribution in [3.8, 4) is 5.75 Å². The number of urea groups is 1. The molecule has 3 heterocycles. The van der Waals surface area contributed by atoms with E-state index in [0.29, 0.717) is 29.8 Å². The molecule has 5 rings (SSSR count). The number of anilines is 1. The summed E-state index contributed by atoms with van der Waals surface area (Å²) in [5.74, 6) is -0.684. The Morgan fingerprint density at radius 1 is 1.23 bits per heavy atom. The lowest BCUT2D eigenvalue weighted by Gasteiger charge is -2.44. The summed E-state index contributed by atoms with van der Waals surface area (Å²) in [5, 5.41) is 2.65. The van der Waals surface area contributed by atoms with Crippen molar-refractivity contribution < 1.29 is 27.8 Å². The highest BCUT2D eigenvalue weighted by Gasteiger charge is 2.39. The van der Waals surface area contributed by atoms with E-state index in [4.69, 9.17) is 9.47 Å². The van der Waals surface area contributed by atoms with Gasteiger partial charge in [-0.3, -0.25) is 4.79 Å². The van der Waals surface area contributed by atoms with Crippen LogP contribution in [-0.4, -0.2) is 48.2 Å². The van der Waals surface area contributed by atoms with Crippen LogP contribution in [0.2, 0.25) is 0 Å². The number of benzene rings is 2. The Morgan fingerprint density at radius 2 is 2.10 bits per heavy atom. The molecule has 7 nitrogen and oxygen atoms in total. The molecule has 0 bridgehead atoms. The van der Waals surface area contributed by atoms with Crippen molar-refractivity contribution in [2.75, 3.05) is 31.7 Å². The van der Waals surface area contributed by atoms with Crippen molar-refractivity contribution in [3.05, 3.63) is 58.7 Å². The zero-order valence-electron chi connectivity index (χ0n) is 16.0. The number of piperazine rings is 1. The van der Waals surface area contributed by atoms with Crippen molar-refractivity contribution in [1.29, 1.82) is 0 Å². The molecule has 30 heavy (non-hydrogen) atoms. The van der Waals surface area contributed by atoms with E-state index in [9.17, 15) is 18.4 Å². The van der Waals surface area contributed by atoms with Crippen LogP contribution in [0, 0.1) is 11.6 Å². The molecule has 0 aromatic heterocycles. The van der Waals surface area contributed by atoms with Crippen molar-refractivity contribution in [2.24, 2.45) is 0 Å². The maximum Gasteiger partial charge on any atom is 0.322 e. The fourth-order valence-electron chi connectivity index (χ4n) is 4.35. The van der Waals surface area contributed by atoms with Crippen LogP contribution in [0.3, 0.4) is 0 Å². The van der Waals surface area contributed by atoms with E-state index < -0.39 is 17.9 Å². The number of hydrogen-bond acceptors (Lipinski definition) is 4. The molecule has 2 aromatic carbocycles. The minimum absolute atomic E-state index is 0.00306. The normalized spacial score (nSPS) is 20.1. The molecular weight excluding hydrogens is 396 g/mol. The van der Waals surface area contributed by atoms with E-state index in [1.165, 1.54) is 23.1 Å². The summed E-state index contributed by atoms with van der Waals surface area (Å²) in [4.78, 5) is 28.7. The first-order chi connectivity index (χ1) is 14.5. The lowest BCUT2D eigenvalue weighted by atomic mass is 9.90. The number of nitrogens with zero attached hydrogens (tertiary/aromatic N) is 2. The summed E-state index contributed by atoms with van der Waals surface area (Å²) in [6.45, 7) is 0.711. The third kappa shape index (κ3) is 3.15. The lowest BCUT2D eigenvalue weighted by molar-refractivity contribution is -0.139. The highest BCUT2D eigenvalue weighted by Crippen LogP contribution is 2.36. The van der Waals surface area contributed by atoms with Crippen LogP contribution in [0.5, 0.6) is 5.75 Å². The molecule has 0 saturated carbocycles. The average Bonchev–Trinajstić information content (AvgIpc) is 2.73. The van der Waals surface area contributed by atoms with Crippen molar-refractivity contribution >= 4 is 17.6 Å². The molecule has 156 valence electrons. The van der Waals surface area contributed by atoms with Crippen LogP contribution in [0.15, 0.2) is 30.3 Å². The number of hydrogen-bond donors (Lipinski definition) is 1. The van der Waals surface area contributed by atoms with Crippen LogP contribution in [0.25, 0.3) is 0 Å². The van der Waals surface area contributed by atoms with Gasteiger partial charge in [0.1, 0.15) is 18.2 Å². The summed E-state index contributed by atoms with van der Waals surface area (Å²) < 4.78 is 38.8. The molecule has 1 N–H and O–H groups in total. The summed E-state index contributed by atoms with van der Waals surface area (Å²) in [7, 11) is 0. The van der Waals surface area contributed by atoms with Crippen LogP contribution < -0.4 is 10.1 Å². The second-order valence-corrected chi connectivity index (χ2v) is 7.52. The zero-order valence-corrected chi connectivity index (χ0v) is 16.0. The standard InChI is InChI=1S/C21H19F2N3O4/c22-13-6-12-10-29-11-30-20(12)17(7-13)24-21(28)25-8-18-15-2-1-3-16(23)14(15)4-5-26(18)19(27)9-25/h1-3,6-7,18H,4-5,8-11H2,(H,24,28)/t18-/m1/s1. The van der Waals surface area contributed by atoms with Crippen LogP contribution in [0.1, 0.15) is 22.7 Å². The first kappa shape index (κ1) is 18.8. The van der Waals surface area contributed by atoms with Crippen molar-refractivity contribution in [1.82, 2.24) is 9.80 Å². The molecular formula is C21H19F2N3O4. The molecule has 3 amide bonds. The highest BCUT2D eigenvalue weighted by molar-refractivity contribution is 5.94. The maximum atomic E-state index is 14.2. The SMILES string of the molecule is O=C(Nc1cc(F)cc2c1OCOC2)N1CC(=O)N2CCc3c(F)cccc3[C@H]2C1. The predicted octanol–water partition coefficient (Wildman–Crippen LogP) is 2.80. The molecule has 1 fully saturated rings. The molecule has 1 saturated heterocycles.